The monoisotopic (exact) mass is 329 g/mol. The average molecular weight is 330 g/mol. The number of nitrogens with one attached hydrogen (secondary N) is 1. The van der Waals surface area contributed by atoms with Crippen LogP contribution in [-0.2, 0) is 0 Å². The zero-order chi connectivity index (χ0) is 14.6. The first-order valence-electron chi connectivity index (χ1n) is 6.30. The second-order valence-electron chi connectivity index (χ2n) is 4.50. The summed E-state index contributed by atoms with van der Waals surface area (Å²) in [5.74, 6) is 0.178. The minimum atomic E-state index is -4.49. The molecular weight excluding hydrogens is 314 g/mol. The van der Waals surface area contributed by atoms with Crippen molar-refractivity contribution < 1.29 is 27.0 Å². The van der Waals surface area contributed by atoms with Crippen molar-refractivity contribution in [2.24, 2.45) is 0 Å². The van der Waals surface area contributed by atoms with Crippen LogP contribution >= 0.6 is 12.4 Å². The van der Waals surface area contributed by atoms with E-state index in [1.54, 1.807) is 0 Å². The van der Waals surface area contributed by atoms with Crippen molar-refractivity contribution in [1.82, 2.24) is 5.32 Å². The molecule has 1 aromatic rings. The summed E-state index contributed by atoms with van der Waals surface area (Å²) in [5.41, 5.74) is 0. The standard InChI is InChI=1S/C13H15F4NO2.ClH/c14-12(15)13(16,17)20-11-3-1-9(2-4-11)19-10-5-7-18-8-6-10;/h1-4,10,12,18H,5-8H2;1H. The van der Waals surface area contributed by atoms with Gasteiger partial charge in [-0.15, -0.1) is 12.4 Å². The van der Waals surface area contributed by atoms with Gasteiger partial charge in [-0.05, 0) is 50.2 Å². The molecule has 1 aliphatic rings. The first kappa shape index (κ1) is 17.8. The number of benzene rings is 1. The molecule has 1 heterocycles. The van der Waals surface area contributed by atoms with Crippen molar-refractivity contribution >= 4 is 12.4 Å². The van der Waals surface area contributed by atoms with Crippen LogP contribution in [0.2, 0.25) is 0 Å². The summed E-state index contributed by atoms with van der Waals surface area (Å²) in [4.78, 5) is 0. The van der Waals surface area contributed by atoms with Crippen LogP contribution in [0.4, 0.5) is 17.6 Å². The fraction of sp³-hybridized carbons (Fsp3) is 0.538. The summed E-state index contributed by atoms with van der Waals surface area (Å²) in [7, 11) is 0. The molecule has 0 spiro atoms. The number of alkyl halides is 4. The van der Waals surface area contributed by atoms with Crippen molar-refractivity contribution in [3.8, 4) is 11.5 Å². The molecule has 0 radical (unpaired) electrons. The molecule has 0 unspecified atom stereocenters. The summed E-state index contributed by atoms with van der Waals surface area (Å²) < 4.78 is 59.0. The lowest BCUT2D eigenvalue weighted by Gasteiger charge is -2.24. The molecule has 1 fully saturated rings. The summed E-state index contributed by atoms with van der Waals surface area (Å²) in [6, 6.07) is 5.23. The molecule has 1 saturated heterocycles. The van der Waals surface area contributed by atoms with E-state index in [2.05, 4.69) is 10.1 Å². The fourth-order valence-electron chi connectivity index (χ4n) is 1.89. The van der Waals surface area contributed by atoms with Crippen LogP contribution in [0.1, 0.15) is 12.8 Å². The van der Waals surface area contributed by atoms with E-state index in [0.29, 0.717) is 5.75 Å². The normalized spacial score (nSPS) is 16.4. The lowest BCUT2D eigenvalue weighted by molar-refractivity contribution is -0.253. The van der Waals surface area contributed by atoms with Gasteiger partial charge in [-0.1, -0.05) is 0 Å². The van der Waals surface area contributed by atoms with Crippen LogP contribution in [-0.4, -0.2) is 31.7 Å². The van der Waals surface area contributed by atoms with Gasteiger partial charge in [0.05, 0.1) is 0 Å². The molecule has 1 aliphatic heterocycles. The SMILES string of the molecule is Cl.FC(F)C(F)(F)Oc1ccc(OC2CCNCC2)cc1. The van der Waals surface area contributed by atoms with E-state index < -0.39 is 12.5 Å². The third-order valence-corrected chi connectivity index (χ3v) is 2.92. The Kier molecular flexibility index (Phi) is 6.54. The summed E-state index contributed by atoms with van der Waals surface area (Å²) in [6.45, 7) is 1.74. The lowest BCUT2D eigenvalue weighted by Crippen LogP contribution is -2.34. The Bertz CT molecular complexity index is 425. The fourth-order valence-corrected chi connectivity index (χ4v) is 1.89. The molecule has 0 amide bonds. The van der Waals surface area contributed by atoms with Gasteiger partial charge in [0.25, 0.3) is 0 Å². The van der Waals surface area contributed by atoms with Crippen LogP contribution in [0, 0.1) is 0 Å². The Hall–Kier alpha value is -1.21. The summed E-state index contributed by atoms with van der Waals surface area (Å²) >= 11 is 0. The molecule has 0 atom stereocenters. The maximum atomic E-state index is 12.7. The predicted octanol–water partition coefficient (Wildman–Crippen LogP) is 3.48. The molecule has 21 heavy (non-hydrogen) atoms. The van der Waals surface area contributed by atoms with Gasteiger partial charge >= 0.3 is 12.5 Å². The Morgan fingerprint density at radius 2 is 1.57 bits per heavy atom. The molecule has 0 saturated carbocycles. The van der Waals surface area contributed by atoms with Crippen LogP contribution in [0.3, 0.4) is 0 Å². The Morgan fingerprint density at radius 1 is 1.05 bits per heavy atom. The quantitative estimate of drug-likeness (QED) is 0.839. The lowest BCUT2D eigenvalue weighted by atomic mass is 10.1. The first-order valence-corrected chi connectivity index (χ1v) is 6.30. The van der Waals surface area contributed by atoms with Crippen molar-refractivity contribution in [3.63, 3.8) is 0 Å². The predicted molar refractivity (Wildman–Crippen MR) is 71.8 cm³/mol. The number of piperidine rings is 1. The molecule has 0 aromatic heterocycles. The van der Waals surface area contributed by atoms with Gasteiger partial charge in [0, 0.05) is 0 Å². The van der Waals surface area contributed by atoms with Gasteiger partial charge < -0.3 is 14.8 Å². The highest BCUT2D eigenvalue weighted by Gasteiger charge is 2.43. The van der Waals surface area contributed by atoms with Gasteiger partial charge in [-0.3, -0.25) is 0 Å². The molecule has 120 valence electrons. The van der Waals surface area contributed by atoms with Crippen LogP contribution in [0.5, 0.6) is 11.5 Å². The highest BCUT2D eigenvalue weighted by atomic mass is 35.5. The number of rotatable bonds is 5. The third-order valence-electron chi connectivity index (χ3n) is 2.92. The van der Waals surface area contributed by atoms with E-state index in [4.69, 9.17) is 4.74 Å². The zero-order valence-electron chi connectivity index (χ0n) is 11.0. The van der Waals surface area contributed by atoms with E-state index >= 15 is 0 Å². The number of halogens is 5. The van der Waals surface area contributed by atoms with Crippen molar-refractivity contribution in [2.75, 3.05) is 13.1 Å². The number of ether oxygens (including phenoxy) is 2. The van der Waals surface area contributed by atoms with Gasteiger partial charge in [-0.25, -0.2) is 0 Å². The highest BCUT2D eigenvalue weighted by molar-refractivity contribution is 5.85. The first-order chi connectivity index (χ1) is 9.47. The number of hydrogen-bond donors (Lipinski definition) is 1. The number of hydrogen-bond acceptors (Lipinski definition) is 3. The van der Waals surface area contributed by atoms with Crippen LogP contribution in [0.25, 0.3) is 0 Å². The maximum absolute atomic E-state index is 12.7. The van der Waals surface area contributed by atoms with Crippen molar-refractivity contribution in [2.45, 2.75) is 31.5 Å². The topological polar surface area (TPSA) is 30.5 Å². The van der Waals surface area contributed by atoms with Gasteiger partial charge in [0.1, 0.15) is 17.6 Å². The molecule has 0 bridgehead atoms. The van der Waals surface area contributed by atoms with Crippen LogP contribution < -0.4 is 14.8 Å². The van der Waals surface area contributed by atoms with E-state index in [1.165, 1.54) is 24.3 Å². The summed E-state index contributed by atoms with van der Waals surface area (Å²) in [6.07, 6.45) is -6.56. The highest BCUT2D eigenvalue weighted by Crippen LogP contribution is 2.29. The van der Waals surface area contributed by atoms with E-state index in [0.717, 1.165) is 25.9 Å². The maximum Gasteiger partial charge on any atom is 0.461 e. The van der Waals surface area contributed by atoms with E-state index in [1.807, 2.05) is 0 Å². The minimum absolute atomic E-state index is 0. The molecule has 8 heteroatoms. The second kappa shape index (κ2) is 7.70. The zero-order valence-corrected chi connectivity index (χ0v) is 11.8. The van der Waals surface area contributed by atoms with Crippen molar-refractivity contribution in [1.29, 1.82) is 0 Å². The summed E-state index contributed by atoms with van der Waals surface area (Å²) in [5, 5.41) is 3.19. The van der Waals surface area contributed by atoms with E-state index in [9.17, 15) is 17.6 Å². The van der Waals surface area contributed by atoms with Crippen molar-refractivity contribution in [3.05, 3.63) is 24.3 Å². The molecule has 1 aromatic carbocycles. The minimum Gasteiger partial charge on any atom is -0.490 e. The molecule has 2 rings (SSSR count). The average Bonchev–Trinajstić information content (AvgIpc) is 2.42. The smallest absolute Gasteiger partial charge is 0.461 e. The molecule has 0 aliphatic carbocycles. The third kappa shape index (κ3) is 5.24. The Balaban J connectivity index is 0.00000220. The van der Waals surface area contributed by atoms with Gasteiger partial charge in [-0.2, -0.15) is 17.6 Å². The largest absolute Gasteiger partial charge is 0.490 e. The second-order valence-corrected chi connectivity index (χ2v) is 4.50. The van der Waals surface area contributed by atoms with E-state index in [-0.39, 0.29) is 24.3 Å². The van der Waals surface area contributed by atoms with Gasteiger partial charge in [0.15, 0.2) is 0 Å². The molecular formula is C13H16ClF4NO2. The van der Waals surface area contributed by atoms with Crippen LogP contribution in [0.15, 0.2) is 24.3 Å². The Morgan fingerprint density at radius 3 is 2.10 bits per heavy atom. The Labute approximate surface area is 126 Å². The molecule has 1 N–H and O–H groups in total. The molecule has 3 nitrogen and oxygen atoms in total. The van der Waals surface area contributed by atoms with Gasteiger partial charge in [0.2, 0.25) is 0 Å².